The van der Waals surface area contributed by atoms with Gasteiger partial charge in [0.2, 0.25) is 0 Å². The highest BCUT2D eigenvalue weighted by Crippen LogP contribution is 2.28. The van der Waals surface area contributed by atoms with Crippen molar-refractivity contribution in [2.75, 3.05) is 39.8 Å². The van der Waals surface area contributed by atoms with Crippen LogP contribution >= 0.6 is 0 Å². The smallest absolute Gasteiger partial charge is 0.255 e. The summed E-state index contributed by atoms with van der Waals surface area (Å²) in [5.41, 5.74) is 0.332. The number of nitrogens with one attached hydrogen (secondary N) is 1. The number of likely N-dealkylation sites (N-methyl/N-ethyl adjacent to an activating group) is 1. The number of hydrogen-bond acceptors (Lipinski definition) is 4. The van der Waals surface area contributed by atoms with Gasteiger partial charge in [-0.1, -0.05) is 30.3 Å². The lowest BCUT2D eigenvalue weighted by Crippen LogP contribution is -2.49. The fourth-order valence-electron chi connectivity index (χ4n) is 3.20. The predicted molar refractivity (Wildman–Crippen MR) is 96.5 cm³/mol. The van der Waals surface area contributed by atoms with Crippen molar-refractivity contribution in [3.8, 4) is 5.75 Å². The maximum atomic E-state index is 12.5. The van der Waals surface area contributed by atoms with E-state index in [4.69, 9.17) is 0 Å². The molecule has 0 spiro atoms. The summed E-state index contributed by atoms with van der Waals surface area (Å²) in [5, 5.41) is 15.0. The molecule has 1 heterocycles. The van der Waals surface area contributed by atoms with Crippen LogP contribution in [0, 0.1) is 0 Å². The summed E-state index contributed by atoms with van der Waals surface area (Å²) in [4.78, 5) is 17.2. The highest BCUT2D eigenvalue weighted by atomic mass is 16.3. The van der Waals surface area contributed by atoms with Crippen molar-refractivity contribution >= 4 is 16.7 Å². The normalized spacial score (nSPS) is 17.8. The summed E-state index contributed by atoms with van der Waals surface area (Å²) in [6, 6.07) is 11.1. The third-order valence-corrected chi connectivity index (χ3v) is 4.65. The Morgan fingerprint density at radius 2 is 1.88 bits per heavy atom. The molecule has 0 aliphatic carbocycles. The van der Waals surface area contributed by atoms with Gasteiger partial charge in [0.25, 0.3) is 5.91 Å². The van der Waals surface area contributed by atoms with Gasteiger partial charge in [-0.2, -0.15) is 0 Å². The molecule has 24 heavy (non-hydrogen) atoms. The van der Waals surface area contributed by atoms with Crippen LogP contribution in [0.5, 0.6) is 5.75 Å². The molecule has 0 radical (unpaired) electrons. The Morgan fingerprint density at radius 3 is 2.62 bits per heavy atom. The number of fused-ring (bicyclic) bond motifs is 1. The molecule has 1 atom stereocenters. The van der Waals surface area contributed by atoms with Crippen molar-refractivity contribution in [1.29, 1.82) is 0 Å². The van der Waals surface area contributed by atoms with Crippen molar-refractivity contribution in [2.24, 2.45) is 0 Å². The lowest BCUT2D eigenvalue weighted by atomic mass is 10.0. The number of phenols is 1. The molecule has 1 aliphatic heterocycles. The van der Waals surface area contributed by atoms with Gasteiger partial charge < -0.3 is 15.3 Å². The zero-order valence-electron chi connectivity index (χ0n) is 14.3. The number of benzene rings is 2. The molecular weight excluding hydrogens is 302 g/mol. The van der Waals surface area contributed by atoms with E-state index in [1.54, 1.807) is 6.07 Å². The van der Waals surface area contributed by atoms with Gasteiger partial charge in [0.15, 0.2) is 0 Å². The first-order valence-corrected chi connectivity index (χ1v) is 8.47. The molecule has 1 aliphatic rings. The number of amides is 1. The van der Waals surface area contributed by atoms with Gasteiger partial charge in [-0.25, -0.2) is 0 Å². The molecule has 2 aromatic carbocycles. The van der Waals surface area contributed by atoms with Crippen LogP contribution in [0.15, 0.2) is 36.4 Å². The molecule has 2 N–H and O–H groups in total. The first-order chi connectivity index (χ1) is 11.5. The van der Waals surface area contributed by atoms with E-state index in [1.165, 1.54) is 0 Å². The molecule has 0 bridgehead atoms. The average molecular weight is 327 g/mol. The Morgan fingerprint density at radius 1 is 1.17 bits per heavy atom. The number of piperazine rings is 1. The molecule has 1 fully saturated rings. The Labute approximate surface area is 142 Å². The third kappa shape index (κ3) is 3.68. The first-order valence-electron chi connectivity index (χ1n) is 8.47. The van der Waals surface area contributed by atoms with Gasteiger partial charge >= 0.3 is 0 Å². The van der Waals surface area contributed by atoms with Crippen LogP contribution in [0.25, 0.3) is 10.8 Å². The second kappa shape index (κ2) is 7.20. The van der Waals surface area contributed by atoms with Crippen LogP contribution in [0.4, 0.5) is 0 Å². The van der Waals surface area contributed by atoms with Gasteiger partial charge in [0.1, 0.15) is 5.75 Å². The van der Waals surface area contributed by atoms with Crippen LogP contribution in [0.3, 0.4) is 0 Å². The Hall–Kier alpha value is -2.11. The molecular formula is C19H25N3O2. The maximum Gasteiger partial charge on any atom is 0.255 e. The van der Waals surface area contributed by atoms with Gasteiger partial charge in [-0.3, -0.25) is 9.69 Å². The molecule has 128 valence electrons. The SMILES string of the molecule is CC(CN1CCN(C)CC1)NC(=O)c1ccc2ccccc2c1O. The Bertz CT molecular complexity index is 724. The fourth-order valence-corrected chi connectivity index (χ4v) is 3.20. The quantitative estimate of drug-likeness (QED) is 0.901. The lowest BCUT2D eigenvalue weighted by molar-refractivity contribution is 0.0912. The lowest BCUT2D eigenvalue weighted by Gasteiger charge is -2.34. The summed E-state index contributed by atoms with van der Waals surface area (Å²) >= 11 is 0. The van der Waals surface area contributed by atoms with Crippen LogP contribution in [0.1, 0.15) is 17.3 Å². The third-order valence-electron chi connectivity index (χ3n) is 4.65. The second-order valence-corrected chi connectivity index (χ2v) is 6.66. The minimum atomic E-state index is -0.222. The summed E-state index contributed by atoms with van der Waals surface area (Å²) in [6.45, 7) is 7.01. The highest BCUT2D eigenvalue weighted by Gasteiger charge is 2.19. The number of hydrogen-bond donors (Lipinski definition) is 2. The standard InChI is InChI=1S/C19H25N3O2/c1-14(13-22-11-9-21(2)10-12-22)20-19(24)17-8-7-15-5-3-4-6-16(15)18(17)23/h3-8,14,23H,9-13H2,1-2H3,(H,20,24). The molecule has 1 unspecified atom stereocenters. The van der Waals surface area contributed by atoms with Crippen molar-refractivity contribution in [1.82, 2.24) is 15.1 Å². The van der Waals surface area contributed by atoms with Crippen molar-refractivity contribution in [3.63, 3.8) is 0 Å². The van der Waals surface area contributed by atoms with Crippen molar-refractivity contribution in [2.45, 2.75) is 13.0 Å². The van der Waals surface area contributed by atoms with E-state index in [0.29, 0.717) is 10.9 Å². The molecule has 5 nitrogen and oxygen atoms in total. The molecule has 2 aromatic rings. The van der Waals surface area contributed by atoms with E-state index >= 15 is 0 Å². The topological polar surface area (TPSA) is 55.8 Å². The number of rotatable bonds is 4. The predicted octanol–water partition coefficient (Wildman–Crippen LogP) is 1.91. The second-order valence-electron chi connectivity index (χ2n) is 6.66. The molecule has 0 saturated carbocycles. The molecule has 5 heteroatoms. The minimum absolute atomic E-state index is 0.0341. The van der Waals surface area contributed by atoms with E-state index in [-0.39, 0.29) is 17.7 Å². The van der Waals surface area contributed by atoms with Crippen LogP contribution < -0.4 is 5.32 Å². The number of carbonyl (C=O) groups is 1. The minimum Gasteiger partial charge on any atom is -0.506 e. The number of aromatic hydroxyl groups is 1. The summed E-state index contributed by atoms with van der Waals surface area (Å²) in [6.07, 6.45) is 0. The van der Waals surface area contributed by atoms with Gasteiger partial charge in [0, 0.05) is 44.2 Å². The molecule has 1 amide bonds. The zero-order valence-corrected chi connectivity index (χ0v) is 14.3. The highest BCUT2D eigenvalue weighted by molar-refractivity contribution is 6.03. The van der Waals surface area contributed by atoms with E-state index in [2.05, 4.69) is 22.2 Å². The number of phenolic OH excluding ortho intramolecular Hbond substituents is 1. The van der Waals surface area contributed by atoms with E-state index < -0.39 is 0 Å². The van der Waals surface area contributed by atoms with Gasteiger partial charge in [0.05, 0.1) is 5.56 Å². The Kier molecular flexibility index (Phi) is 5.02. The van der Waals surface area contributed by atoms with Crippen LogP contribution in [-0.4, -0.2) is 66.6 Å². The van der Waals surface area contributed by atoms with Crippen LogP contribution in [-0.2, 0) is 0 Å². The summed E-state index contributed by atoms with van der Waals surface area (Å²) in [7, 11) is 2.13. The Balaban J connectivity index is 1.65. The molecule has 0 aromatic heterocycles. The van der Waals surface area contributed by atoms with Crippen molar-refractivity contribution in [3.05, 3.63) is 42.0 Å². The largest absolute Gasteiger partial charge is 0.506 e. The number of nitrogens with zero attached hydrogens (tertiary/aromatic N) is 2. The first kappa shape index (κ1) is 16.7. The monoisotopic (exact) mass is 327 g/mol. The van der Waals surface area contributed by atoms with Crippen molar-refractivity contribution < 1.29 is 9.90 Å². The average Bonchev–Trinajstić information content (AvgIpc) is 2.57. The maximum absolute atomic E-state index is 12.5. The summed E-state index contributed by atoms with van der Waals surface area (Å²) < 4.78 is 0. The summed E-state index contributed by atoms with van der Waals surface area (Å²) in [5.74, 6) is -0.169. The van der Waals surface area contributed by atoms with Crippen LogP contribution in [0.2, 0.25) is 0 Å². The zero-order chi connectivity index (χ0) is 17.1. The fraction of sp³-hybridized carbons (Fsp3) is 0.421. The molecule has 3 rings (SSSR count). The number of carbonyl (C=O) groups excluding carboxylic acids is 1. The van der Waals surface area contributed by atoms with E-state index in [0.717, 1.165) is 38.1 Å². The van der Waals surface area contributed by atoms with E-state index in [1.807, 2.05) is 37.3 Å². The van der Waals surface area contributed by atoms with Gasteiger partial charge in [-0.15, -0.1) is 0 Å². The van der Waals surface area contributed by atoms with E-state index in [9.17, 15) is 9.90 Å². The molecule has 1 saturated heterocycles. The van der Waals surface area contributed by atoms with Gasteiger partial charge in [-0.05, 0) is 25.4 Å².